The predicted octanol–water partition coefficient (Wildman–Crippen LogP) is 2.59. The Morgan fingerprint density at radius 2 is 2.15 bits per heavy atom. The molecule has 0 bridgehead atoms. The molecule has 7 heteroatoms. The quantitative estimate of drug-likeness (QED) is 0.794. The molecule has 1 rings (SSSR count). The summed E-state index contributed by atoms with van der Waals surface area (Å²) < 4.78 is 0. The van der Waals surface area contributed by atoms with Crippen molar-refractivity contribution in [2.24, 2.45) is 0 Å². The number of benzene rings is 1. The van der Waals surface area contributed by atoms with Crippen LogP contribution in [0.3, 0.4) is 0 Å². The van der Waals surface area contributed by atoms with E-state index in [0.29, 0.717) is 5.56 Å². The van der Waals surface area contributed by atoms with E-state index in [1.807, 2.05) is 6.07 Å². The smallest absolute Gasteiger partial charge is 0.329 e. The highest BCUT2D eigenvalue weighted by molar-refractivity contribution is 6.33. The van der Waals surface area contributed by atoms with Crippen LogP contribution < -0.4 is 10.6 Å². The van der Waals surface area contributed by atoms with Crippen LogP contribution in [0, 0.1) is 11.3 Å². The first kappa shape index (κ1) is 15.8. The van der Waals surface area contributed by atoms with Crippen molar-refractivity contribution < 1.29 is 14.7 Å². The van der Waals surface area contributed by atoms with Crippen LogP contribution in [0.2, 0.25) is 5.02 Å². The van der Waals surface area contributed by atoms with Gasteiger partial charge in [0.25, 0.3) is 0 Å². The average molecular weight is 296 g/mol. The number of hydrogen-bond acceptors (Lipinski definition) is 3. The van der Waals surface area contributed by atoms with E-state index in [2.05, 4.69) is 10.6 Å². The summed E-state index contributed by atoms with van der Waals surface area (Å²) in [7, 11) is 0. The molecular weight excluding hydrogens is 282 g/mol. The molecule has 1 unspecified atom stereocenters. The summed E-state index contributed by atoms with van der Waals surface area (Å²) >= 11 is 5.90. The van der Waals surface area contributed by atoms with Crippen molar-refractivity contribution in [1.82, 2.24) is 5.32 Å². The number of carboxylic acids is 1. The molecule has 106 valence electrons. The zero-order chi connectivity index (χ0) is 15.3. The van der Waals surface area contributed by atoms with Gasteiger partial charge in [0.05, 0.1) is 22.3 Å². The van der Waals surface area contributed by atoms with Gasteiger partial charge >= 0.3 is 12.0 Å². The van der Waals surface area contributed by atoms with Gasteiger partial charge in [-0.05, 0) is 31.5 Å². The van der Waals surface area contributed by atoms with Crippen LogP contribution in [0.5, 0.6) is 0 Å². The fraction of sp³-hybridized carbons (Fsp3) is 0.308. The largest absolute Gasteiger partial charge is 0.480 e. The molecule has 0 heterocycles. The number of halogens is 1. The van der Waals surface area contributed by atoms with E-state index < -0.39 is 17.5 Å². The molecule has 1 atom stereocenters. The summed E-state index contributed by atoms with van der Waals surface area (Å²) in [6.07, 6.45) is 0.224. The molecular formula is C13H14ClN3O3. The highest BCUT2D eigenvalue weighted by Crippen LogP contribution is 2.23. The van der Waals surface area contributed by atoms with Crippen LogP contribution in [0.25, 0.3) is 0 Å². The molecule has 3 N–H and O–H groups in total. The third-order valence-electron chi connectivity index (χ3n) is 2.91. The van der Waals surface area contributed by atoms with Crippen LogP contribution >= 0.6 is 11.6 Å². The van der Waals surface area contributed by atoms with Crippen molar-refractivity contribution in [3.63, 3.8) is 0 Å². The molecule has 2 amide bonds. The average Bonchev–Trinajstić information content (AvgIpc) is 2.40. The van der Waals surface area contributed by atoms with Gasteiger partial charge in [0, 0.05) is 0 Å². The Balaban J connectivity index is 2.87. The lowest BCUT2D eigenvalue weighted by Crippen LogP contribution is -2.53. The summed E-state index contributed by atoms with van der Waals surface area (Å²) in [4.78, 5) is 22.9. The molecule has 0 aliphatic heterocycles. The highest BCUT2D eigenvalue weighted by atomic mass is 35.5. The second kappa shape index (κ2) is 6.26. The third-order valence-corrected chi connectivity index (χ3v) is 3.24. The lowest BCUT2D eigenvalue weighted by Gasteiger charge is -2.24. The fourth-order valence-electron chi connectivity index (χ4n) is 1.39. The minimum Gasteiger partial charge on any atom is -0.480 e. The number of hydrogen-bond donors (Lipinski definition) is 3. The first-order valence-electron chi connectivity index (χ1n) is 5.84. The number of carbonyl (C=O) groups is 2. The van der Waals surface area contributed by atoms with Crippen LogP contribution in [0.1, 0.15) is 25.8 Å². The van der Waals surface area contributed by atoms with Crippen molar-refractivity contribution in [3.8, 4) is 6.07 Å². The monoisotopic (exact) mass is 295 g/mol. The summed E-state index contributed by atoms with van der Waals surface area (Å²) in [5.41, 5.74) is -0.795. The second-order valence-electron chi connectivity index (χ2n) is 4.38. The van der Waals surface area contributed by atoms with E-state index in [0.717, 1.165) is 0 Å². The number of nitriles is 1. The number of urea groups is 1. The summed E-state index contributed by atoms with van der Waals surface area (Å²) in [5.74, 6) is -1.13. The van der Waals surface area contributed by atoms with Gasteiger partial charge in [0.1, 0.15) is 5.54 Å². The van der Waals surface area contributed by atoms with E-state index in [9.17, 15) is 9.59 Å². The zero-order valence-corrected chi connectivity index (χ0v) is 11.8. The van der Waals surface area contributed by atoms with Gasteiger partial charge in [-0.15, -0.1) is 0 Å². The maximum absolute atomic E-state index is 11.8. The van der Waals surface area contributed by atoms with Gasteiger partial charge in [-0.1, -0.05) is 18.5 Å². The zero-order valence-electron chi connectivity index (χ0n) is 11.0. The molecule has 1 aromatic carbocycles. The van der Waals surface area contributed by atoms with Gasteiger partial charge in [0.2, 0.25) is 0 Å². The molecule has 0 aromatic heterocycles. The van der Waals surface area contributed by atoms with Crippen molar-refractivity contribution in [2.75, 3.05) is 5.32 Å². The molecule has 0 radical (unpaired) electrons. The third kappa shape index (κ3) is 3.62. The number of aliphatic carboxylic acids is 1. The van der Waals surface area contributed by atoms with E-state index in [1.54, 1.807) is 6.92 Å². The molecule has 0 aliphatic rings. The van der Waals surface area contributed by atoms with E-state index in [4.69, 9.17) is 22.0 Å². The van der Waals surface area contributed by atoms with Gasteiger partial charge < -0.3 is 15.7 Å². The number of anilines is 1. The Morgan fingerprint density at radius 1 is 1.50 bits per heavy atom. The van der Waals surface area contributed by atoms with Crippen LogP contribution in [-0.4, -0.2) is 22.6 Å². The van der Waals surface area contributed by atoms with Gasteiger partial charge in [-0.3, -0.25) is 0 Å². The Kier molecular flexibility index (Phi) is 4.94. The van der Waals surface area contributed by atoms with E-state index in [-0.39, 0.29) is 17.1 Å². The summed E-state index contributed by atoms with van der Waals surface area (Å²) in [5, 5.41) is 22.9. The second-order valence-corrected chi connectivity index (χ2v) is 4.78. The van der Waals surface area contributed by atoms with Crippen LogP contribution in [0.4, 0.5) is 10.5 Å². The topological polar surface area (TPSA) is 102 Å². The first-order valence-corrected chi connectivity index (χ1v) is 6.22. The van der Waals surface area contributed by atoms with Gasteiger partial charge in [-0.25, -0.2) is 9.59 Å². The normalized spacial score (nSPS) is 12.9. The number of carboxylic acid groups (broad SMARTS) is 1. The SMILES string of the molecule is CCC(C)(NC(=O)Nc1cc(C#N)ccc1Cl)C(=O)O. The number of nitrogens with one attached hydrogen (secondary N) is 2. The maximum Gasteiger partial charge on any atom is 0.329 e. The molecule has 0 spiro atoms. The van der Waals surface area contributed by atoms with Crippen molar-refractivity contribution in [2.45, 2.75) is 25.8 Å². The van der Waals surface area contributed by atoms with E-state index >= 15 is 0 Å². The summed E-state index contributed by atoms with van der Waals surface area (Å²) in [6.45, 7) is 3.06. The molecule has 0 fully saturated rings. The highest BCUT2D eigenvalue weighted by Gasteiger charge is 2.32. The standard InChI is InChI=1S/C13H14ClN3O3/c1-3-13(2,11(18)19)17-12(20)16-10-6-8(7-15)4-5-9(10)14/h4-6H,3H2,1-2H3,(H,18,19)(H2,16,17,20). The van der Waals surface area contributed by atoms with Crippen molar-refractivity contribution >= 4 is 29.3 Å². The minimum absolute atomic E-state index is 0.224. The van der Waals surface area contributed by atoms with Crippen molar-refractivity contribution in [3.05, 3.63) is 28.8 Å². The Labute approximate surface area is 121 Å². The lowest BCUT2D eigenvalue weighted by atomic mass is 10.00. The van der Waals surface area contributed by atoms with Crippen LogP contribution in [0.15, 0.2) is 18.2 Å². The van der Waals surface area contributed by atoms with E-state index in [1.165, 1.54) is 25.1 Å². The van der Waals surface area contributed by atoms with Crippen LogP contribution in [-0.2, 0) is 4.79 Å². The molecule has 0 saturated heterocycles. The predicted molar refractivity (Wildman–Crippen MR) is 74.7 cm³/mol. The number of carbonyl (C=O) groups excluding carboxylic acids is 1. The summed E-state index contributed by atoms with van der Waals surface area (Å²) in [6, 6.07) is 5.62. The van der Waals surface area contributed by atoms with Crippen molar-refractivity contribution in [1.29, 1.82) is 5.26 Å². The maximum atomic E-state index is 11.8. The molecule has 1 aromatic rings. The Bertz CT molecular complexity index is 583. The first-order chi connectivity index (χ1) is 9.32. The minimum atomic E-state index is -1.37. The number of amides is 2. The number of rotatable bonds is 4. The van der Waals surface area contributed by atoms with Gasteiger partial charge in [0.15, 0.2) is 0 Å². The Morgan fingerprint density at radius 3 is 2.65 bits per heavy atom. The number of nitrogens with zero attached hydrogens (tertiary/aromatic N) is 1. The fourth-order valence-corrected chi connectivity index (χ4v) is 1.55. The Hall–Kier alpha value is -2.26. The van der Waals surface area contributed by atoms with Gasteiger partial charge in [-0.2, -0.15) is 5.26 Å². The lowest BCUT2D eigenvalue weighted by molar-refractivity contribution is -0.143. The molecule has 20 heavy (non-hydrogen) atoms. The molecule has 0 saturated carbocycles. The molecule has 6 nitrogen and oxygen atoms in total. The molecule has 0 aliphatic carbocycles.